The Hall–Kier alpha value is -3.15. The Bertz CT molecular complexity index is 1180. The van der Waals surface area contributed by atoms with E-state index in [1.165, 1.54) is 109 Å². The van der Waals surface area contributed by atoms with Gasteiger partial charge < -0.3 is 14.2 Å². The molecule has 0 heterocycles. The van der Waals surface area contributed by atoms with Crippen molar-refractivity contribution in [2.75, 3.05) is 13.2 Å². The van der Waals surface area contributed by atoms with Gasteiger partial charge in [0.2, 0.25) is 0 Å². The molecule has 0 amide bonds. The Morgan fingerprint density at radius 1 is 0.355 bits per heavy atom. The highest BCUT2D eigenvalue weighted by molar-refractivity contribution is 5.71. The third-order valence-corrected chi connectivity index (χ3v) is 11.0. The van der Waals surface area contributed by atoms with Crippen LogP contribution in [0.5, 0.6) is 0 Å². The zero-order valence-electron chi connectivity index (χ0n) is 40.6. The van der Waals surface area contributed by atoms with Gasteiger partial charge in [-0.1, -0.05) is 203 Å². The molecule has 0 fully saturated rings. The van der Waals surface area contributed by atoms with Crippen LogP contribution in [0.3, 0.4) is 0 Å². The molecule has 0 aromatic heterocycles. The van der Waals surface area contributed by atoms with Crippen molar-refractivity contribution < 1.29 is 28.6 Å². The normalized spacial score (nSPS) is 12.6. The maximum Gasteiger partial charge on any atom is 0.306 e. The van der Waals surface area contributed by atoms with Gasteiger partial charge in [-0.2, -0.15) is 0 Å². The first-order chi connectivity index (χ1) is 30.5. The molecule has 1 atom stereocenters. The molecule has 0 aliphatic heterocycles. The van der Waals surface area contributed by atoms with Gasteiger partial charge in [-0.25, -0.2) is 0 Å². The SMILES string of the molecule is CC/C=C\C/C=C\CCCCCCCCCC(=O)OCC(COC(=O)CCCCCCCC/C=C\C=C/CCCCC)OC(=O)CCCCCCCC/C=C\C=C/CCCCC. The smallest absolute Gasteiger partial charge is 0.306 e. The lowest BCUT2D eigenvalue weighted by atomic mass is 10.1. The number of ether oxygens (including phenoxy) is 3. The highest BCUT2D eigenvalue weighted by Gasteiger charge is 2.19. The molecule has 356 valence electrons. The van der Waals surface area contributed by atoms with E-state index in [1.807, 2.05) is 0 Å². The summed E-state index contributed by atoms with van der Waals surface area (Å²) >= 11 is 0. The van der Waals surface area contributed by atoms with Crippen molar-refractivity contribution in [1.29, 1.82) is 0 Å². The highest BCUT2D eigenvalue weighted by atomic mass is 16.6. The first-order valence-electron chi connectivity index (χ1n) is 26.0. The van der Waals surface area contributed by atoms with Crippen LogP contribution in [0.15, 0.2) is 72.9 Å². The molecule has 62 heavy (non-hydrogen) atoms. The number of hydrogen-bond donors (Lipinski definition) is 0. The minimum atomic E-state index is -0.789. The number of hydrogen-bond acceptors (Lipinski definition) is 6. The van der Waals surface area contributed by atoms with Crippen molar-refractivity contribution in [3.8, 4) is 0 Å². The number of carbonyl (C=O) groups is 3. The molecule has 0 aliphatic rings. The highest BCUT2D eigenvalue weighted by Crippen LogP contribution is 2.14. The van der Waals surface area contributed by atoms with E-state index >= 15 is 0 Å². The number of carbonyl (C=O) groups excluding carboxylic acids is 3. The number of unbranched alkanes of at least 4 members (excludes halogenated alkanes) is 25. The molecule has 0 N–H and O–H groups in total. The third-order valence-electron chi connectivity index (χ3n) is 11.0. The molecule has 0 aromatic carbocycles. The predicted octanol–water partition coefficient (Wildman–Crippen LogP) is 17.0. The first kappa shape index (κ1) is 58.9. The minimum absolute atomic E-state index is 0.0886. The molecule has 0 aliphatic carbocycles. The van der Waals surface area contributed by atoms with E-state index in [4.69, 9.17) is 14.2 Å². The van der Waals surface area contributed by atoms with E-state index in [9.17, 15) is 14.4 Å². The standard InChI is InChI=1S/C56H96O6/c1-4-7-10-13-16-19-22-25-28-31-34-37-40-43-46-49-55(58)61-52-53(51-60-54(57)48-45-42-39-36-33-30-27-24-21-18-15-12-9-6-3)62-56(59)50-47-44-41-38-35-32-29-26-23-20-17-14-11-8-5-2/h9,12,16-23,25-26,53H,4-8,10-11,13-15,24,27-52H2,1-3H3/b12-9-,19-16-,20-17-,21-18-,25-22-,26-23-. The van der Waals surface area contributed by atoms with Crippen LogP contribution in [-0.2, 0) is 28.6 Å². The van der Waals surface area contributed by atoms with Crippen molar-refractivity contribution in [3.63, 3.8) is 0 Å². The van der Waals surface area contributed by atoms with Gasteiger partial charge in [-0.05, 0) is 96.3 Å². The number of allylic oxidation sites excluding steroid dienone is 12. The Balaban J connectivity index is 4.43. The van der Waals surface area contributed by atoms with E-state index in [0.29, 0.717) is 19.3 Å². The fraction of sp³-hybridized carbons (Fsp3) is 0.732. The second kappa shape index (κ2) is 50.5. The van der Waals surface area contributed by atoms with Crippen LogP contribution in [0.2, 0.25) is 0 Å². The van der Waals surface area contributed by atoms with Crippen molar-refractivity contribution in [1.82, 2.24) is 0 Å². The van der Waals surface area contributed by atoms with Gasteiger partial charge in [0.1, 0.15) is 13.2 Å². The van der Waals surface area contributed by atoms with Crippen molar-refractivity contribution in [2.24, 2.45) is 0 Å². The maximum absolute atomic E-state index is 12.8. The largest absolute Gasteiger partial charge is 0.462 e. The van der Waals surface area contributed by atoms with E-state index in [-0.39, 0.29) is 31.1 Å². The molecular formula is C56H96O6. The van der Waals surface area contributed by atoms with E-state index in [0.717, 1.165) is 96.3 Å². The average molecular weight is 865 g/mol. The summed E-state index contributed by atoms with van der Waals surface area (Å²) in [6.45, 7) is 6.45. The fourth-order valence-corrected chi connectivity index (χ4v) is 7.05. The second-order valence-electron chi connectivity index (χ2n) is 17.1. The number of esters is 3. The molecule has 0 aromatic rings. The molecule has 0 radical (unpaired) electrons. The summed E-state index contributed by atoms with van der Waals surface area (Å²) in [5, 5.41) is 0. The van der Waals surface area contributed by atoms with Crippen LogP contribution in [0.4, 0.5) is 0 Å². The third kappa shape index (κ3) is 47.9. The molecule has 0 spiro atoms. The summed E-state index contributed by atoms with van der Waals surface area (Å²) in [6, 6.07) is 0. The summed E-state index contributed by atoms with van der Waals surface area (Å²) in [5.74, 6) is -0.918. The lowest BCUT2D eigenvalue weighted by molar-refractivity contribution is -0.167. The van der Waals surface area contributed by atoms with E-state index < -0.39 is 6.10 Å². The van der Waals surface area contributed by atoms with Gasteiger partial charge in [0, 0.05) is 19.3 Å². The second-order valence-corrected chi connectivity index (χ2v) is 17.1. The van der Waals surface area contributed by atoms with Gasteiger partial charge in [0.25, 0.3) is 0 Å². The Kier molecular flexibility index (Phi) is 47.9. The monoisotopic (exact) mass is 865 g/mol. The van der Waals surface area contributed by atoms with Crippen LogP contribution < -0.4 is 0 Å². The molecule has 0 saturated carbocycles. The molecule has 0 bridgehead atoms. The lowest BCUT2D eigenvalue weighted by Crippen LogP contribution is -2.30. The van der Waals surface area contributed by atoms with Crippen LogP contribution in [-0.4, -0.2) is 37.2 Å². The van der Waals surface area contributed by atoms with Gasteiger partial charge in [0.05, 0.1) is 0 Å². The summed E-state index contributed by atoms with van der Waals surface area (Å²) in [6.07, 6.45) is 63.0. The summed E-state index contributed by atoms with van der Waals surface area (Å²) in [4.78, 5) is 38.0. The van der Waals surface area contributed by atoms with Crippen molar-refractivity contribution in [3.05, 3.63) is 72.9 Å². The van der Waals surface area contributed by atoms with Crippen LogP contribution in [0.1, 0.15) is 245 Å². The summed E-state index contributed by atoms with van der Waals surface area (Å²) < 4.78 is 16.8. The molecule has 6 heteroatoms. The van der Waals surface area contributed by atoms with E-state index in [1.54, 1.807) is 0 Å². The first-order valence-corrected chi connectivity index (χ1v) is 26.0. The van der Waals surface area contributed by atoms with E-state index in [2.05, 4.69) is 93.7 Å². The van der Waals surface area contributed by atoms with Gasteiger partial charge in [0.15, 0.2) is 6.10 Å². The maximum atomic E-state index is 12.8. The Labute approximate surface area is 382 Å². The van der Waals surface area contributed by atoms with Gasteiger partial charge >= 0.3 is 17.9 Å². The van der Waals surface area contributed by atoms with Crippen LogP contribution in [0, 0.1) is 0 Å². The topological polar surface area (TPSA) is 78.9 Å². The van der Waals surface area contributed by atoms with Crippen LogP contribution >= 0.6 is 0 Å². The molecular weight excluding hydrogens is 769 g/mol. The Morgan fingerprint density at radius 3 is 1.06 bits per heavy atom. The van der Waals surface area contributed by atoms with Crippen LogP contribution in [0.25, 0.3) is 0 Å². The molecule has 0 saturated heterocycles. The quantitative estimate of drug-likeness (QED) is 0.0199. The van der Waals surface area contributed by atoms with Crippen molar-refractivity contribution in [2.45, 2.75) is 252 Å². The average Bonchev–Trinajstić information content (AvgIpc) is 3.27. The summed E-state index contributed by atoms with van der Waals surface area (Å²) in [5.41, 5.74) is 0. The lowest BCUT2D eigenvalue weighted by Gasteiger charge is -2.18. The zero-order chi connectivity index (χ0) is 45.1. The molecule has 1 unspecified atom stereocenters. The fourth-order valence-electron chi connectivity index (χ4n) is 7.05. The zero-order valence-corrected chi connectivity index (χ0v) is 40.6. The number of rotatable bonds is 46. The van der Waals surface area contributed by atoms with Crippen molar-refractivity contribution >= 4 is 17.9 Å². The van der Waals surface area contributed by atoms with Gasteiger partial charge in [-0.3, -0.25) is 14.4 Å². The molecule has 6 nitrogen and oxygen atoms in total. The minimum Gasteiger partial charge on any atom is -0.462 e. The summed E-state index contributed by atoms with van der Waals surface area (Å²) in [7, 11) is 0. The predicted molar refractivity (Wildman–Crippen MR) is 265 cm³/mol. The van der Waals surface area contributed by atoms with Gasteiger partial charge in [-0.15, -0.1) is 0 Å². The Morgan fingerprint density at radius 2 is 0.677 bits per heavy atom. The molecule has 0 rings (SSSR count).